The molecule has 16 heavy (non-hydrogen) atoms. The summed E-state index contributed by atoms with van der Waals surface area (Å²) < 4.78 is 42.0. The first-order valence-electron chi connectivity index (χ1n) is 5.94. The first kappa shape index (κ1) is 13.4. The molecular weight excluding hydrogens is 217 g/mol. The highest BCUT2D eigenvalue weighted by Gasteiger charge is 2.35. The van der Waals surface area contributed by atoms with Gasteiger partial charge in [0.25, 0.3) is 0 Å². The third-order valence-electron chi connectivity index (χ3n) is 2.94. The highest BCUT2D eigenvalue weighted by molar-refractivity contribution is 5.01. The maximum Gasteiger partial charge on any atom is 0.448 e. The molecule has 0 heterocycles. The zero-order chi connectivity index (χ0) is 12.0. The second-order valence-corrected chi connectivity index (χ2v) is 4.24. The molecule has 0 amide bonds. The number of ether oxygens (including phenoxy) is 1. The predicted octanol–water partition coefficient (Wildman–Crippen LogP) is 4.44. The maximum atomic E-state index is 12.5. The monoisotopic (exact) mass is 236 g/mol. The standard InChI is InChI=1S/C12H19F3O/c1-2-16-11(12(13,14)15)9-8-10-6-4-3-5-7-10/h9-10H,2-8H2,1H3/b11-9-. The van der Waals surface area contributed by atoms with Crippen LogP contribution in [-0.2, 0) is 4.74 Å². The molecule has 1 saturated carbocycles. The Balaban J connectivity index is 2.49. The van der Waals surface area contributed by atoms with Crippen LogP contribution < -0.4 is 0 Å². The topological polar surface area (TPSA) is 9.23 Å². The fourth-order valence-corrected chi connectivity index (χ4v) is 2.11. The van der Waals surface area contributed by atoms with Crippen LogP contribution in [0.15, 0.2) is 11.8 Å². The van der Waals surface area contributed by atoms with Gasteiger partial charge in [-0.3, -0.25) is 0 Å². The third kappa shape index (κ3) is 4.45. The molecular formula is C12H19F3O. The zero-order valence-corrected chi connectivity index (χ0v) is 9.65. The minimum atomic E-state index is -4.34. The fourth-order valence-electron chi connectivity index (χ4n) is 2.11. The highest BCUT2D eigenvalue weighted by Crippen LogP contribution is 2.31. The van der Waals surface area contributed by atoms with Crippen LogP contribution in [0.5, 0.6) is 0 Å². The second kappa shape index (κ2) is 6.16. The molecule has 94 valence electrons. The molecule has 0 radical (unpaired) electrons. The molecule has 0 bridgehead atoms. The van der Waals surface area contributed by atoms with E-state index in [9.17, 15) is 13.2 Å². The summed E-state index contributed by atoms with van der Waals surface area (Å²) in [5, 5.41) is 0. The van der Waals surface area contributed by atoms with E-state index in [2.05, 4.69) is 4.74 Å². The zero-order valence-electron chi connectivity index (χ0n) is 9.65. The van der Waals surface area contributed by atoms with E-state index >= 15 is 0 Å². The molecule has 0 unspecified atom stereocenters. The first-order chi connectivity index (χ1) is 7.54. The predicted molar refractivity (Wildman–Crippen MR) is 57.0 cm³/mol. The van der Waals surface area contributed by atoms with Crippen LogP contribution >= 0.6 is 0 Å². The van der Waals surface area contributed by atoms with Crippen molar-refractivity contribution >= 4 is 0 Å². The molecule has 0 spiro atoms. The minimum absolute atomic E-state index is 0.0655. The summed E-state index contributed by atoms with van der Waals surface area (Å²) in [6, 6.07) is 0. The normalized spacial score (nSPS) is 19.9. The average molecular weight is 236 g/mol. The number of halogens is 3. The number of alkyl halides is 3. The molecule has 0 saturated heterocycles. The summed E-state index contributed by atoms with van der Waals surface area (Å²) in [5.74, 6) is -0.410. The van der Waals surface area contributed by atoms with Crippen LogP contribution in [0.25, 0.3) is 0 Å². The summed E-state index contributed by atoms with van der Waals surface area (Å²) in [4.78, 5) is 0. The Morgan fingerprint density at radius 3 is 2.38 bits per heavy atom. The Morgan fingerprint density at radius 1 is 1.25 bits per heavy atom. The van der Waals surface area contributed by atoms with Crippen LogP contribution in [0.1, 0.15) is 45.4 Å². The number of hydrogen-bond donors (Lipinski definition) is 0. The van der Waals surface area contributed by atoms with Crippen LogP contribution in [0, 0.1) is 5.92 Å². The number of rotatable bonds is 4. The first-order valence-corrected chi connectivity index (χ1v) is 5.94. The van der Waals surface area contributed by atoms with Gasteiger partial charge >= 0.3 is 6.18 Å². The van der Waals surface area contributed by atoms with Crippen molar-refractivity contribution in [2.24, 2.45) is 5.92 Å². The van der Waals surface area contributed by atoms with Crippen molar-refractivity contribution in [3.05, 3.63) is 11.8 Å². The van der Waals surface area contributed by atoms with Gasteiger partial charge in [-0.05, 0) is 25.3 Å². The van der Waals surface area contributed by atoms with Crippen LogP contribution in [-0.4, -0.2) is 12.8 Å². The SMILES string of the molecule is CCO/C(=C\CC1CCCCC1)C(F)(F)F. The number of hydrogen-bond acceptors (Lipinski definition) is 1. The van der Waals surface area contributed by atoms with Crippen molar-refractivity contribution < 1.29 is 17.9 Å². The van der Waals surface area contributed by atoms with Crippen molar-refractivity contribution in [2.75, 3.05) is 6.61 Å². The van der Waals surface area contributed by atoms with Crippen LogP contribution in [0.2, 0.25) is 0 Å². The molecule has 0 aliphatic heterocycles. The van der Waals surface area contributed by atoms with Crippen molar-refractivity contribution in [1.29, 1.82) is 0 Å². The Morgan fingerprint density at radius 2 is 1.88 bits per heavy atom. The molecule has 0 atom stereocenters. The maximum absolute atomic E-state index is 12.5. The largest absolute Gasteiger partial charge is 0.489 e. The Hall–Kier alpha value is -0.670. The minimum Gasteiger partial charge on any atom is -0.489 e. The summed E-state index contributed by atoms with van der Waals surface area (Å²) in [7, 11) is 0. The summed E-state index contributed by atoms with van der Waals surface area (Å²) >= 11 is 0. The van der Waals surface area contributed by atoms with Gasteiger partial charge in [0.1, 0.15) is 0 Å². The van der Waals surface area contributed by atoms with Crippen molar-refractivity contribution in [1.82, 2.24) is 0 Å². The van der Waals surface area contributed by atoms with E-state index in [0.717, 1.165) is 25.7 Å². The van der Waals surface area contributed by atoms with Gasteiger partial charge in [-0.1, -0.05) is 32.1 Å². The lowest BCUT2D eigenvalue weighted by atomic mass is 9.87. The van der Waals surface area contributed by atoms with Crippen LogP contribution in [0.4, 0.5) is 13.2 Å². The number of allylic oxidation sites excluding steroid dienone is 2. The van der Waals surface area contributed by atoms with Crippen LogP contribution in [0.3, 0.4) is 0 Å². The molecule has 0 aromatic rings. The van der Waals surface area contributed by atoms with Crippen molar-refractivity contribution in [3.63, 3.8) is 0 Å². The van der Waals surface area contributed by atoms with E-state index in [0.29, 0.717) is 12.3 Å². The second-order valence-electron chi connectivity index (χ2n) is 4.24. The molecule has 1 aliphatic carbocycles. The lowest BCUT2D eigenvalue weighted by Gasteiger charge is -2.20. The lowest BCUT2D eigenvalue weighted by Crippen LogP contribution is -2.15. The van der Waals surface area contributed by atoms with E-state index in [4.69, 9.17) is 0 Å². The summed E-state index contributed by atoms with van der Waals surface area (Å²) in [6.45, 7) is 1.64. The molecule has 0 aromatic heterocycles. The summed E-state index contributed by atoms with van der Waals surface area (Å²) in [6.07, 6.45) is 2.99. The van der Waals surface area contributed by atoms with E-state index in [1.807, 2.05) is 0 Å². The quantitative estimate of drug-likeness (QED) is 0.656. The van der Waals surface area contributed by atoms with Gasteiger partial charge in [0, 0.05) is 0 Å². The van der Waals surface area contributed by atoms with Crippen molar-refractivity contribution in [2.45, 2.75) is 51.6 Å². The molecule has 1 rings (SSSR count). The van der Waals surface area contributed by atoms with Gasteiger partial charge in [-0.15, -0.1) is 0 Å². The van der Waals surface area contributed by atoms with Gasteiger partial charge in [0.2, 0.25) is 0 Å². The van der Waals surface area contributed by atoms with Gasteiger partial charge in [-0.2, -0.15) is 13.2 Å². The fraction of sp³-hybridized carbons (Fsp3) is 0.833. The van der Waals surface area contributed by atoms with E-state index in [-0.39, 0.29) is 6.61 Å². The molecule has 4 heteroatoms. The third-order valence-corrected chi connectivity index (χ3v) is 2.94. The van der Waals surface area contributed by atoms with E-state index < -0.39 is 11.9 Å². The van der Waals surface area contributed by atoms with Gasteiger partial charge in [0.05, 0.1) is 6.61 Å². The van der Waals surface area contributed by atoms with Gasteiger partial charge in [-0.25, -0.2) is 0 Å². The average Bonchev–Trinajstić information content (AvgIpc) is 2.24. The lowest BCUT2D eigenvalue weighted by molar-refractivity contribution is -0.130. The molecule has 1 fully saturated rings. The smallest absolute Gasteiger partial charge is 0.448 e. The van der Waals surface area contributed by atoms with Gasteiger partial charge in [0.15, 0.2) is 5.76 Å². The van der Waals surface area contributed by atoms with Gasteiger partial charge < -0.3 is 4.74 Å². The Kier molecular flexibility index (Phi) is 5.16. The highest BCUT2D eigenvalue weighted by atomic mass is 19.4. The molecule has 1 nitrogen and oxygen atoms in total. The van der Waals surface area contributed by atoms with Crippen molar-refractivity contribution in [3.8, 4) is 0 Å². The molecule has 0 aromatic carbocycles. The molecule has 0 N–H and O–H groups in total. The Labute approximate surface area is 94.7 Å². The van der Waals surface area contributed by atoms with E-state index in [1.165, 1.54) is 12.5 Å². The molecule has 1 aliphatic rings. The van der Waals surface area contributed by atoms with E-state index in [1.54, 1.807) is 6.92 Å². The Bertz CT molecular complexity index is 227. The summed E-state index contributed by atoms with van der Waals surface area (Å²) in [5.41, 5.74) is 0.